The van der Waals surface area contributed by atoms with Crippen LogP contribution in [-0.4, -0.2) is 16.2 Å². The van der Waals surface area contributed by atoms with E-state index in [1.165, 1.54) is 18.5 Å². The van der Waals surface area contributed by atoms with E-state index in [2.05, 4.69) is 30.7 Å². The number of pyridine rings is 2. The van der Waals surface area contributed by atoms with E-state index in [0.29, 0.717) is 10.5 Å². The fourth-order valence-electron chi connectivity index (χ4n) is 3.77. The Labute approximate surface area is 232 Å². The fourth-order valence-corrected chi connectivity index (χ4v) is 4.35. The van der Waals surface area contributed by atoms with Crippen molar-refractivity contribution < 1.29 is 30.7 Å². The summed E-state index contributed by atoms with van der Waals surface area (Å²) in [6.07, 6.45) is -1.53. The molecule has 0 spiro atoms. The van der Waals surface area contributed by atoms with Gasteiger partial charge in [0.05, 0.1) is 18.0 Å². The summed E-state index contributed by atoms with van der Waals surface area (Å²) < 4.78 is 93.4. The van der Waals surface area contributed by atoms with Crippen LogP contribution in [0.1, 0.15) is 66.5 Å². The first-order valence-corrected chi connectivity index (χ1v) is 13.3. The molecule has 0 fully saturated rings. The average molecular weight is 581 g/mol. The van der Waals surface area contributed by atoms with Crippen LogP contribution >= 0.6 is 11.8 Å². The molecule has 0 saturated heterocycles. The summed E-state index contributed by atoms with van der Waals surface area (Å²) in [6.45, 7) is 6.28. The number of hydrogen-bond donors (Lipinski definition) is 0. The zero-order valence-corrected chi connectivity index (χ0v) is 22.9. The average Bonchev–Trinajstić information content (AvgIpc) is 2.92. The number of alkyl halides is 5. The van der Waals surface area contributed by atoms with Crippen LogP contribution in [0.4, 0.5) is 30.7 Å². The Morgan fingerprint density at radius 3 is 1.70 bits per heavy atom. The first-order valence-electron chi connectivity index (χ1n) is 12.1. The van der Waals surface area contributed by atoms with Gasteiger partial charge in [-0.2, -0.15) is 13.2 Å². The van der Waals surface area contributed by atoms with E-state index in [1.807, 2.05) is 12.1 Å². The standard InChI is InChI=1S/C16H17F2N.C14H10F5NS/c1-16(2,3)12-6-4-11(5-7-12)15(18)13-8-9-19-10-14(13)17;1-21-11-7-20-6-10(15)12(11)13(16)8-2-4-9(5-3-8)14(17,18)19/h4-10,15H,1-3H3;2-7,13H,1H3. The van der Waals surface area contributed by atoms with Gasteiger partial charge in [-0.15, -0.1) is 11.8 Å². The first-order chi connectivity index (χ1) is 18.7. The van der Waals surface area contributed by atoms with Crippen molar-refractivity contribution in [3.05, 3.63) is 124 Å². The van der Waals surface area contributed by atoms with Crippen molar-refractivity contribution in [1.82, 2.24) is 9.97 Å². The summed E-state index contributed by atoms with van der Waals surface area (Å²) in [6, 6.07) is 12.2. The Hall–Kier alpha value is -3.40. The fraction of sp³-hybridized carbons (Fsp3) is 0.267. The van der Waals surface area contributed by atoms with E-state index in [1.54, 1.807) is 18.4 Å². The Morgan fingerprint density at radius 1 is 0.675 bits per heavy atom. The highest BCUT2D eigenvalue weighted by Crippen LogP contribution is 2.36. The maximum absolute atomic E-state index is 14.4. The highest BCUT2D eigenvalue weighted by Gasteiger charge is 2.31. The van der Waals surface area contributed by atoms with E-state index in [4.69, 9.17) is 0 Å². The van der Waals surface area contributed by atoms with Crippen LogP contribution in [0.15, 0.2) is 84.3 Å². The molecule has 2 atom stereocenters. The Kier molecular flexibility index (Phi) is 10.00. The molecule has 2 nitrogen and oxygen atoms in total. The van der Waals surface area contributed by atoms with Gasteiger partial charge in [0, 0.05) is 28.4 Å². The molecular weight excluding hydrogens is 553 g/mol. The van der Waals surface area contributed by atoms with Gasteiger partial charge in [-0.1, -0.05) is 57.2 Å². The van der Waals surface area contributed by atoms with Crippen molar-refractivity contribution >= 4 is 11.8 Å². The van der Waals surface area contributed by atoms with E-state index in [9.17, 15) is 30.7 Å². The molecule has 212 valence electrons. The molecule has 0 amide bonds. The number of hydrogen-bond acceptors (Lipinski definition) is 3. The number of thioether (sulfide) groups is 1. The normalized spacial score (nSPS) is 13.3. The van der Waals surface area contributed by atoms with Gasteiger partial charge in [-0.05, 0) is 46.6 Å². The first kappa shape index (κ1) is 31.1. The smallest absolute Gasteiger partial charge is 0.262 e. The van der Waals surface area contributed by atoms with E-state index < -0.39 is 35.7 Å². The molecule has 0 aliphatic heterocycles. The lowest BCUT2D eigenvalue weighted by Gasteiger charge is -2.19. The van der Waals surface area contributed by atoms with Crippen molar-refractivity contribution in [2.75, 3.05) is 6.26 Å². The topological polar surface area (TPSA) is 25.8 Å². The Bertz CT molecular complexity index is 1400. The lowest BCUT2D eigenvalue weighted by atomic mass is 9.86. The molecule has 40 heavy (non-hydrogen) atoms. The molecule has 10 heteroatoms. The monoisotopic (exact) mass is 580 g/mol. The minimum atomic E-state index is -4.49. The zero-order valence-electron chi connectivity index (χ0n) is 22.1. The molecule has 4 rings (SSSR count). The lowest BCUT2D eigenvalue weighted by Crippen LogP contribution is -2.11. The predicted octanol–water partition coefficient (Wildman–Crippen LogP) is 9.60. The van der Waals surface area contributed by atoms with E-state index in [-0.39, 0.29) is 22.1 Å². The molecule has 2 unspecified atom stereocenters. The van der Waals surface area contributed by atoms with Gasteiger partial charge >= 0.3 is 6.18 Å². The SMILES string of the molecule is CC(C)(C)c1ccc(C(F)c2ccncc2F)cc1.CSc1cncc(F)c1C(F)c1ccc(C(F)(F)F)cc1. The number of benzene rings is 2. The van der Waals surface area contributed by atoms with Gasteiger partial charge in [0.1, 0.15) is 11.6 Å². The second-order valence-corrected chi connectivity index (χ2v) is 10.7. The minimum Gasteiger partial charge on any atom is -0.262 e. The number of nitrogens with zero attached hydrogens (tertiary/aromatic N) is 2. The molecule has 0 aliphatic rings. The number of halogens is 7. The highest BCUT2D eigenvalue weighted by atomic mass is 32.2. The van der Waals surface area contributed by atoms with Crippen LogP contribution in [0.5, 0.6) is 0 Å². The molecule has 0 bridgehead atoms. The summed E-state index contributed by atoms with van der Waals surface area (Å²) in [7, 11) is 0. The van der Waals surface area contributed by atoms with Crippen molar-refractivity contribution in [3.8, 4) is 0 Å². The van der Waals surface area contributed by atoms with Gasteiger partial charge in [0.25, 0.3) is 0 Å². The lowest BCUT2D eigenvalue weighted by molar-refractivity contribution is -0.137. The zero-order chi connectivity index (χ0) is 29.7. The summed E-state index contributed by atoms with van der Waals surface area (Å²) in [5, 5.41) is 0. The van der Waals surface area contributed by atoms with E-state index in [0.717, 1.165) is 54.0 Å². The Balaban J connectivity index is 0.000000222. The third kappa shape index (κ3) is 7.62. The van der Waals surface area contributed by atoms with Gasteiger partial charge in [0.15, 0.2) is 12.3 Å². The molecule has 0 saturated carbocycles. The summed E-state index contributed by atoms with van der Waals surface area (Å²) >= 11 is 1.12. The van der Waals surface area contributed by atoms with E-state index >= 15 is 0 Å². The predicted molar refractivity (Wildman–Crippen MR) is 143 cm³/mol. The van der Waals surface area contributed by atoms with Crippen molar-refractivity contribution in [2.24, 2.45) is 0 Å². The van der Waals surface area contributed by atoms with Gasteiger partial charge in [0.2, 0.25) is 0 Å². The quantitative estimate of drug-likeness (QED) is 0.174. The van der Waals surface area contributed by atoms with Crippen LogP contribution in [0.3, 0.4) is 0 Å². The largest absolute Gasteiger partial charge is 0.416 e. The summed E-state index contributed by atoms with van der Waals surface area (Å²) in [5.41, 5.74) is 0.501. The van der Waals surface area contributed by atoms with Gasteiger partial charge in [-0.3, -0.25) is 9.97 Å². The summed E-state index contributed by atoms with van der Waals surface area (Å²) in [4.78, 5) is 7.56. The molecule has 4 aromatic rings. The van der Waals surface area contributed by atoms with Crippen molar-refractivity contribution in [2.45, 2.75) is 49.6 Å². The van der Waals surface area contributed by atoms with Crippen LogP contribution < -0.4 is 0 Å². The van der Waals surface area contributed by atoms with Gasteiger partial charge in [-0.25, -0.2) is 17.6 Å². The number of aromatic nitrogens is 2. The molecule has 2 aromatic carbocycles. The molecule has 2 heterocycles. The van der Waals surface area contributed by atoms with Crippen molar-refractivity contribution in [1.29, 1.82) is 0 Å². The number of rotatable bonds is 5. The van der Waals surface area contributed by atoms with Crippen LogP contribution in [0.2, 0.25) is 0 Å². The minimum absolute atomic E-state index is 0.0201. The third-order valence-corrected chi connectivity index (χ3v) is 6.82. The van der Waals surface area contributed by atoms with Gasteiger partial charge < -0.3 is 0 Å². The summed E-state index contributed by atoms with van der Waals surface area (Å²) in [5.74, 6) is -1.44. The molecule has 0 aliphatic carbocycles. The van der Waals surface area contributed by atoms with Crippen LogP contribution in [-0.2, 0) is 11.6 Å². The van der Waals surface area contributed by atoms with Crippen molar-refractivity contribution in [3.63, 3.8) is 0 Å². The van der Waals surface area contributed by atoms with Crippen LogP contribution in [0.25, 0.3) is 0 Å². The maximum Gasteiger partial charge on any atom is 0.416 e. The maximum atomic E-state index is 14.4. The highest BCUT2D eigenvalue weighted by molar-refractivity contribution is 7.98. The molecular formula is C30H27F7N2S. The third-order valence-electron chi connectivity index (χ3n) is 6.05. The van der Waals surface area contributed by atoms with Crippen LogP contribution in [0, 0.1) is 11.6 Å². The molecule has 0 N–H and O–H groups in total. The Morgan fingerprint density at radius 2 is 1.20 bits per heavy atom. The molecule has 2 aromatic heterocycles. The molecule has 0 radical (unpaired) electrons. The second-order valence-electron chi connectivity index (χ2n) is 9.85. The second kappa shape index (κ2) is 12.8.